The molecule has 3 N–H and O–H groups in total. The fourth-order valence-corrected chi connectivity index (χ4v) is 1.76. The Morgan fingerprint density at radius 1 is 1.20 bits per heavy atom. The van der Waals surface area contributed by atoms with Gasteiger partial charge in [0.1, 0.15) is 0 Å². The molecular formula is C16H22F3N3O3. The number of hydrogen-bond acceptors (Lipinski definition) is 3. The first-order valence-corrected chi connectivity index (χ1v) is 7.75. The minimum atomic E-state index is -4.44. The van der Waals surface area contributed by atoms with Gasteiger partial charge < -0.3 is 10.1 Å². The lowest BCUT2D eigenvalue weighted by atomic mass is 10.1. The third kappa shape index (κ3) is 8.94. The molecule has 0 fully saturated rings. The molecule has 140 valence electrons. The van der Waals surface area contributed by atoms with Gasteiger partial charge in [-0.05, 0) is 23.6 Å². The molecule has 0 unspecified atom stereocenters. The highest BCUT2D eigenvalue weighted by Gasteiger charge is 2.30. The first-order valence-electron chi connectivity index (χ1n) is 7.75. The summed E-state index contributed by atoms with van der Waals surface area (Å²) in [5, 5.41) is 2.35. The van der Waals surface area contributed by atoms with E-state index in [4.69, 9.17) is 4.74 Å². The van der Waals surface area contributed by atoms with E-state index in [0.29, 0.717) is 18.1 Å². The van der Waals surface area contributed by atoms with E-state index < -0.39 is 23.7 Å². The number of carbonyl (C=O) groups excluding carboxylic acids is 2. The van der Waals surface area contributed by atoms with Crippen LogP contribution in [0.5, 0.6) is 0 Å². The van der Waals surface area contributed by atoms with Gasteiger partial charge in [0.25, 0.3) is 0 Å². The highest BCUT2D eigenvalue weighted by Crippen LogP contribution is 2.29. The van der Waals surface area contributed by atoms with Crippen LogP contribution in [0.25, 0.3) is 0 Å². The summed E-state index contributed by atoms with van der Waals surface area (Å²) in [5.41, 5.74) is 3.80. The van der Waals surface area contributed by atoms with Gasteiger partial charge in [-0.1, -0.05) is 26.0 Å². The van der Waals surface area contributed by atoms with Crippen LogP contribution in [-0.4, -0.2) is 25.2 Å². The van der Waals surface area contributed by atoms with Crippen molar-refractivity contribution >= 4 is 11.9 Å². The van der Waals surface area contributed by atoms with Gasteiger partial charge in [-0.25, -0.2) is 10.2 Å². The van der Waals surface area contributed by atoms with E-state index in [0.717, 1.165) is 12.1 Å². The molecule has 1 aromatic rings. The number of hydrazine groups is 1. The van der Waals surface area contributed by atoms with Crippen LogP contribution in [0.15, 0.2) is 24.3 Å². The van der Waals surface area contributed by atoms with Gasteiger partial charge in [0.05, 0.1) is 18.6 Å². The predicted octanol–water partition coefficient (Wildman–Crippen LogP) is 2.60. The fourth-order valence-electron chi connectivity index (χ4n) is 1.76. The number of benzene rings is 1. The van der Waals surface area contributed by atoms with Crippen molar-refractivity contribution in [2.75, 3.05) is 13.2 Å². The van der Waals surface area contributed by atoms with Crippen LogP contribution in [-0.2, 0) is 22.3 Å². The van der Waals surface area contributed by atoms with E-state index in [1.165, 1.54) is 12.1 Å². The van der Waals surface area contributed by atoms with Crippen molar-refractivity contribution in [3.05, 3.63) is 35.4 Å². The van der Waals surface area contributed by atoms with E-state index in [2.05, 4.69) is 16.2 Å². The van der Waals surface area contributed by atoms with Gasteiger partial charge in [0.15, 0.2) is 0 Å². The van der Waals surface area contributed by atoms with Crippen LogP contribution in [0.2, 0.25) is 0 Å². The van der Waals surface area contributed by atoms with Crippen LogP contribution in [0, 0.1) is 5.92 Å². The minimum absolute atomic E-state index is 0.0840. The van der Waals surface area contributed by atoms with Gasteiger partial charge in [-0.3, -0.25) is 10.2 Å². The third-order valence-electron chi connectivity index (χ3n) is 2.95. The summed E-state index contributed by atoms with van der Waals surface area (Å²) in [5.74, 6) is -0.0687. The zero-order valence-corrected chi connectivity index (χ0v) is 14.1. The fraction of sp³-hybridized carbons (Fsp3) is 0.500. The Morgan fingerprint density at radius 3 is 2.56 bits per heavy atom. The van der Waals surface area contributed by atoms with Gasteiger partial charge >= 0.3 is 12.2 Å². The second-order valence-corrected chi connectivity index (χ2v) is 5.77. The molecule has 0 saturated carbocycles. The van der Waals surface area contributed by atoms with E-state index in [9.17, 15) is 22.8 Å². The molecule has 0 bridgehead atoms. The number of ether oxygens (including phenoxy) is 1. The quantitative estimate of drug-likeness (QED) is 0.516. The smallest absolute Gasteiger partial charge is 0.381 e. The van der Waals surface area contributed by atoms with Crippen LogP contribution < -0.4 is 16.2 Å². The maximum atomic E-state index is 12.6. The van der Waals surface area contributed by atoms with Crippen LogP contribution >= 0.6 is 0 Å². The number of halogens is 3. The number of alkyl halides is 3. The number of rotatable bonds is 7. The summed E-state index contributed by atoms with van der Waals surface area (Å²) in [6, 6.07) is 3.89. The summed E-state index contributed by atoms with van der Waals surface area (Å²) in [6.07, 6.45) is -4.36. The molecule has 0 aliphatic carbocycles. The van der Waals surface area contributed by atoms with Crippen LogP contribution in [0.3, 0.4) is 0 Å². The van der Waals surface area contributed by atoms with Crippen molar-refractivity contribution in [1.82, 2.24) is 16.2 Å². The predicted molar refractivity (Wildman–Crippen MR) is 85.2 cm³/mol. The Morgan fingerprint density at radius 2 is 1.92 bits per heavy atom. The molecule has 0 spiro atoms. The first-order chi connectivity index (χ1) is 11.7. The Balaban J connectivity index is 2.28. The standard InChI is InChI=1S/C16H22F3N3O3/c1-11(2)10-25-7-6-14(23)21-22-15(24)20-9-12-4-3-5-13(8-12)16(17,18)19/h3-5,8,11H,6-7,9-10H2,1-2H3,(H,21,23)(H2,20,22,24). The summed E-state index contributed by atoms with van der Waals surface area (Å²) in [7, 11) is 0. The van der Waals surface area contributed by atoms with E-state index in [1.807, 2.05) is 13.8 Å². The molecule has 1 rings (SSSR count). The monoisotopic (exact) mass is 361 g/mol. The Hall–Kier alpha value is -2.29. The maximum absolute atomic E-state index is 12.6. The molecule has 6 nitrogen and oxygen atoms in total. The number of hydrogen-bond donors (Lipinski definition) is 3. The SMILES string of the molecule is CC(C)COCCC(=O)NNC(=O)NCc1cccc(C(F)(F)F)c1. The van der Waals surface area contributed by atoms with Gasteiger partial charge in [0, 0.05) is 13.2 Å². The summed E-state index contributed by atoms with van der Waals surface area (Å²) in [6.45, 7) is 4.63. The molecule has 0 radical (unpaired) electrons. The van der Waals surface area contributed by atoms with E-state index >= 15 is 0 Å². The largest absolute Gasteiger partial charge is 0.416 e. The van der Waals surface area contributed by atoms with Gasteiger partial charge in [0.2, 0.25) is 5.91 Å². The number of urea groups is 1. The van der Waals surface area contributed by atoms with Crippen molar-refractivity contribution in [3.8, 4) is 0 Å². The van der Waals surface area contributed by atoms with Crippen molar-refractivity contribution in [2.45, 2.75) is 33.0 Å². The molecule has 1 aromatic carbocycles. The minimum Gasteiger partial charge on any atom is -0.381 e. The average Bonchev–Trinajstić information content (AvgIpc) is 2.54. The van der Waals surface area contributed by atoms with Crippen LogP contribution in [0.4, 0.5) is 18.0 Å². The van der Waals surface area contributed by atoms with Crippen molar-refractivity contribution in [1.29, 1.82) is 0 Å². The topological polar surface area (TPSA) is 79.5 Å². The lowest BCUT2D eigenvalue weighted by molar-refractivity contribution is -0.137. The molecule has 0 aliphatic heterocycles. The zero-order valence-electron chi connectivity index (χ0n) is 14.1. The van der Waals surface area contributed by atoms with Gasteiger partial charge in [-0.15, -0.1) is 0 Å². The average molecular weight is 361 g/mol. The number of amides is 3. The third-order valence-corrected chi connectivity index (χ3v) is 2.95. The second kappa shape index (κ2) is 9.87. The maximum Gasteiger partial charge on any atom is 0.416 e. The molecule has 3 amide bonds. The lowest BCUT2D eigenvalue weighted by Gasteiger charge is -2.11. The molecule has 9 heteroatoms. The van der Waals surface area contributed by atoms with Crippen molar-refractivity contribution in [2.24, 2.45) is 5.92 Å². The Bertz CT molecular complexity index is 577. The normalized spacial score (nSPS) is 11.3. The number of carbonyl (C=O) groups is 2. The van der Waals surface area contributed by atoms with E-state index in [-0.39, 0.29) is 19.6 Å². The lowest BCUT2D eigenvalue weighted by Crippen LogP contribution is -2.46. The highest BCUT2D eigenvalue weighted by molar-refractivity contribution is 5.81. The molecular weight excluding hydrogens is 339 g/mol. The van der Waals surface area contributed by atoms with Gasteiger partial charge in [-0.2, -0.15) is 13.2 Å². The Kier molecular flexibility index (Phi) is 8.20. The molecule has 0 heterocycles. The zero-order chi connectivity index (χ0) is 18.9. The van der Waals surface area contributed by atoms with E-state index in [1.54, 1.807) is 0 Å². The highest BCUT2D eigenvalue weighted by atomic mass is 19.4. The van der Waals surface area contributed by atoms with Crippen molar-refractivity contribution < 1.29 is 27.5 Å². The van der Waals surface area contributed by atoms with Crippen LogP contribution in [0.1, 0.15) is 31.4 Å². The molecule has 0 aliphatic rings. The summed E-state index contributed by atoms with van der Waals surface area (Å²) >= 11 is 0. The first kappa shape index (κ1) is 20.8. The Labute approximate surface area is 144 Å². The second-order valence-electron chi connectivity index (χ2n) is 5.77. The summed E-state index contributed by atoms with van der Waals surface area (Å²) < 4.78 is 43.0. The van der Waals surface area contributed by atoms with Crippen molar-refractivity contribution in [3.63, 3.8) is 0 Å². The summed E-state index contributed by atoms with van der Waals surface area (Å²) in [4.78, 5) is 23.0. The molecule has 25 heavy (non-hydrogen) atoms. The molecule has 0 atom stereocenters. The molecule has 0 aromatic heterocycles. The number of nitrogens with one attached hydrogen (secondary N) is 3. The molecule has 0 saturated heterocycles.